The van der Waals surface area contributed by atoms with Crippen LogP contribution in [0.1, 0.15) is 11.3 Å². The first-order valence-electron chi connectivity index (χ1n) is 8.48. The van der Waals surface area contributed by atoms with Gasteiger partial charge in [-0.25, -0.2) is 4.68 Å². The zero-order valence-electron chi connectivity index (χ0n) is 15.4. The van der Waals surface area contributed by atoms with Crippen LogP contribution in [0.4, 0.5) is 5.69 Å². The molecule has 0 bridgehead atoms. The Balaban J connectivity index is 1.96. The fourth-order valence-electron chi connectivity index (χ4n) is 2.82. The average molecular weight is 374 g/mol. The maximum Gasteiger partial charge on any atom is 0.295 e. The van der Waals surface area contributed by atoms with Crippen LogP contribution in [0.2, 0.25) is 0 Å². The maximum atomic E-state index is 12.9. The predicted octanol–water partition coefficient (Wildman–Crippen LogP) is 2.74. The van der Waals surface area contributed by atoms with Gasteiger partial charge >= 0.3 is 0 Å². The predicted molar refractivity (Wildman–Crippen MR) is 106 cm³/mol. The Morgan fingerprint density at radius 2 is 1.89 bits per heavy atom. The Labute approximate surface area is 161 Å². The van der Waals surface area contributed by atoms with E-state index >= 15 is 0 Å². The molecular weight excluding hydrogens is 356 g/mol. The topological polar surface area (TPSA) is 100 Å². The highest BCUT2D eigenvalue weighted by atomic mass is 16.3. The Hall–Kier alpha value is -4.05. The van der Waals surface area contributed by atoms with Gasteiger partial charge in [0.15, 0.2) is 0 Å². The van der Waals surface area contributed by atoms with Crippen LogP contribution in [0.25, 0.3) is 11.8 Å². The van der Waals surface area contributed by atoms with Gasteiger partial charge in [0.1, 0.15) is 23.1 Å². The number of phenols is 1. The first-order chi connectivity index (χ1) is 13.4. The van der Waals surface area contributed by atoms with Gasteiger partial charge in [-0.15, -0.1) is 0 Å². The summed E-state index contributed by atoms with van der Waals surface area (Å²) in [5, 5.41) is 21.4. The van der Waals surface area contributed by atoms with Crippen molar-refractivity contribution in [1.82, 2.24) is 9.36 Å². The molecule has 0 saturated carbocycles. The highest BCUT2D eigenvalue weighted by molar-refractivity contribution is 6.09. The van der Waals surface area contributed by atoms with E-state index in [-0.39, 0.29) is 17.0 Å². The fourth-order valence-corrected chi connectivity index (χ4v) is 2.82. The standard InChI is InChI=1S/C21H18N4O3/c1-14-19(21(28)25(24(14)2)17-8-4-3-5-9-17)23-20(27)16(13-22)11-15-7-6-10-18(26)12-15/h3-12,26H,1-2H3,(H,23,27). The summed E-state index contributed by atoms with van der Waals surface area (Å²) in [4.78, 5) is 25.4. The molecule has 1 amide bonds. The van der Waals surface area contributed by atoms with Crippen molar-refractivity contribution in [2.75, 3.05) is 5.32 Å². The first-order valence-corrected chi connectivity index (χ1v) is 8.48. The molecule has 0 unspecified atom stereocenters. The molecule has 0 aliphatic heterocycles. The van der Waals surface area contributed by atoms with E-state index in [1.54, 1.807) is 42.9 Å². The molecule has 7 nitrogen and oxygen atoms in total. The molecule has 0 fully saturated rings. The van der Waals surface area contributed by atoms with Crippen LogP contribution >= 0.6 is 0 Å². The summed E-state index contributed by atoms with van der Waals surface area (Å²) in [6, 6.07) is 17.1. The normalized spacial score (nSPS) is 11.1. The Morgan fingerprint density at radius 1 is 1.18 bits per heavy atom. The molecule has 1 aromatic heterocycles. The number of aromatic nitrogens is 2. The Bertz CT molecular complexity index is 1160. The number of anilines is 1. The maximum absolute atomic E-state index is 12.9. The summed E-state index contributed by atoms with van der Waals surface area (Å²) in [6.07, 6.45) is 1.35. The lowest BCUT2D eigenvalue weighted by molar-refractivity contribution is -0.112. The largest absolute Gasteiger partial charge is 0.508 e. The van der Waals surface area contributed by atoms with E-state index < -0.39 is 11.5 Å². The van der Waals surface area contributed by atoms with Gasteiger partial charge in [0.2, 0.25) is 0 Å². The van der Waals surface area contributed by atoms with Crippen LogP contribution in [-0.4, -0.2) is 20.4 Å². The third-order valence-corrected chi connectivity index (χ3v) is 4.34. The average Bonchev–Trinajstić information content (AvgIpc) is 2.90. The molecule has 1 heterocycles. The third-order valence-electron chi connectivity index (χ3n) is 4.34. The van der Waals surface area contributed by atoms with Gasteiger partial charge in [-0.2, -0.15) is 5.26 Å². The molecule has 7 heteroatoms. The second-order valence-corrected chi connectivity index (χ2v) is 6.16. The second kappa shape index (κ2) is 7.68. The minimum atomic E-state index is -0.697. The van der Waals surface area contributed by atoms with E-state index in [1.807, 2.05) is 24.3 Å². The lowest BCUT2D eigenvalue weighted by Crippen LogP contribution is -2.23. The summed E-state index contributed by atoms with van der Waals surface area (Å²) in [5.41, 5.74) is 1.24. The molecular formula is C21H18N4O3. The number of benzene rings is 2. The van der Waals surface area contributed by atoms with Crippen LogP contribution in [0.3, 0.4) is 0 Å². The summed E-state index contributed by atoms with van der Waals surface area (Å²) >= 11 is 0. The molecule has 140 valence electrons. The van der Waals surface area contributed by atoms with Crippen molar-refractivity contribution < 1.29 is 9.90 Å². The number of hydrogen-bond donors (Lipinski definition) is 2. The van der Waals surface area contributed by atoms with Crippen LogP contribution in [0.15, 0.2) is 65.0 Å². The van der Waals surface area contributed by atoms with E-state index in [1.165, 1.54) is 22.9 Å². The Morgan fingerprint density at radius 3 is 2.54 bits per heavy atom. The number of nitrogens with zero attached hydrogens (tertiary/aromatic N) is 3. The lowest BCUT2D eigenvalue weighted by Gasteiger charge is -2.07. The summed E-state index contributed by atoms with van der Waals surface area (Å²) < 4.78 is 3.08. The van der Waals surface area contributed by atoms with Crippen molar-refractivity contribution in [3.05, 3.63) is 81.8 Å². The van der Waals surface area contributed by atoms with Crippen molar-refractivity contribution in [3.63, 3.8) is 0 Å². The number of phenolic OH excluding ortho intramolecular Hbond substituents is 1. The summed E-state index contributed by atoms with van der Waals surface area (Å²) in [6.45, 7) is 1.71. The van der Waals surface area contributed by atoms with Crippen molar-refractivity contribution in [3.8, 4) is 17.5 Å². The van der Waals surface area contributed by atoms with Gasteiger partial charge in [0.05, 0.1) is 11.4 Å². The highest BCUT2D eigenvalue weighted by Gasteiger charge is 2.19. The smallest absolute Gasteiger partial charge is 0.295 e. The molecule has 28 heavy (non-hydrogen) atoms. The number of carbonyl (C=O) groups excluding carboxylic acids is 1. The number of nitrogens with one attached hydrogen (secondary N) is 1. The zero-order valence-corrected chi connectivity index (χ0v) is 15.4. The molecule has 0 saturated heterocycles. The lowest BCUT2D eigenvalue weighted by atomic mass is 10.1. The van der Waals surface area contributed by atoms with Crippen molar-refractivity contribution in [2.45, 2.75) is 6.92 Å². The number of rotatable bonds is 4. The number of carbonyl (C=O) groups is 1. The van der Waals surface area contributed by atoms with Crippen molar-refractivity contribution in [1.29, 1.82) is 5.26 Å². The number of para-hydroxylation sites is 1. The second-order valence-electron chi connectivity index (χ2n) is 6.16. The van der Waals surface area contributed by atoms with E-state index in [9.17, 15) is 20.0 Å². The third kappa shape index (κ3) is 3.57. The molecule has 2 N–H and O–H groups in total. The number of hydrogen-bond acceptors (Lipinski definition) is 4. The quantitative estimate of drug-likeness (QED) is 0.542. The highest BCUT2D eigenvalue weighted by Crippen LogP contribution is 2.17. The number of nitriles is 1. The molecule has 3 rings (SSSR count). The minimum absolute atomic E-state index is 0.0242. The molecule has 0 spiro atoms. The van der Waals surface area contributed by atoms with Gasteiger partial charge in [-0.3, -0.25) is 14.3 Å². The van der Waals surface area contributed by atoms with Gasteiger partial charge in [0.25, 0.3) is 11.5 Å². The monoisotopic (exact) mass is 374 g/mol. The van der Waals surface area contributed by atoms with Gasteiger partial charge in [-0.1, -0.05) is 30.3 Å². The van der Waals surface area contributed by atoms with E-state index in [0.717, 1.165) is 0 Å². The van der Waals surface area contributed by atoms with E-state index in [2.05, 4.69) is 5.32 Å². The van der Waals surface area contributed by atoms with E-state index in [4.69, 9.17) is 0 Å². The van der Waals surface area contributed by atoms with Gasteiger partial charge in [0, 0.05) is 7.05 Å². The van der Waals surface area contributed by atoms with Gasteiger partial charge < -0.3 is 10.4 Å². The molecule has 0 aliphatic carbocycles. The fraction of sp³-hybridized carbons (Fsp3) is 0.0952. The molecule has 0 radical (unpaired) electrons. The zero-order chi connectivity index (χ0) is 20.3. The summed E-state index contributed by atoms with van der Waals surface area (Å²) in [5.74, 6) is -0.673. The molecule has 0 atom stereocenters. The minimum Gasteiger partial charge on any atom is -0.508 e. The Kier molecular flexibility index (Phi) is 5.14. The molecule has 2 aromatic carbocycles. The van der Waals surface area contributed by atoms with Crippen LogP contribution < -0.4 is 10.9 Å². The summed E-state index contributed by atoms with van der Waals surface area (Å²) in [7, 11) is 1.72. The van der Waals surface area contributed by atoms with Crippen LogP contribution in [0, 0.1) is 18.3 Å². The SMILES string of the molecule is Cc1c(NC(=O)C(C#N)=Cc2cccc(O)c2)c(=O)n(-c2ccccc2)n1C. The first kappa shape index (κ1) is 18.7. The van der Waals surface area contributed by atoms with Gasteiger partial charge in [-0.05, 0) is 42.8 Å². The number of amides is 1. The number of aromatic hydroxyl groups is 1. The van der Waals surface area contributed by atoms with Crippen LogP contribution in [-0.2, 0) is 11.8 Å². The van der Waals surface area contributed by atoms with Crippen LogP contribution in [0.5, 0.6) is 5.75 Å². The molecule has 3 aromatic rings. The molecule has 0 aliphatic rings. The van der Waals surface area contributed by atoms with Crippen molar-refractivity contribution >= 4 is 17.7 Å². The van der Waals surface area contributed by atoms with Crippen molar-refractivity contribution in [2.24, 2.45) is 7.05 Å². The van der Waals surface area contributed by atoms with E-state index in [0.29, 0.717) is 16.9 Å².